The Morgan fingerprint density at radius 3 is 2.71 bits per heavy atom. The summed E-state index contributed by atoms with van der Waals surface area (Å²) in [7, 11) is 0. The molecule has 2 heterocycles. The van der Waals surface area contributed by atoms with Gasteiger partial charge in [-0.2, -0.15) is 0 Å². The summed E-state index contributed by atoms with van der Waals surface area (Å²) < 4.78 is 5.34. The van der Waals surface area contributed by atoms with Crippen LogP contribution in [0.1, 0.15) is 11.3 Å². The Bertz CT molecular complexity index is 843. The molecule has 2 aromatic heterocycles. The third-order valence-corrected chi connectivity index (χ3v) is 3.51. The minimum atomic E-state index is -0.221. The lowest BCUT2D eigenvalue weighted by Crippen LogP contribution is -2.21. The van der Waals surface area contributed by atoms with E-state index in [4.69, 9.17) is 16.0 Å². The number of benzene rings is 1. The van der Waals surface area contributed by atoms with Gasteiger partial charge < -0.3 is 9.73 Å². The van der Waals surface area contributed by atoms with E-state index in [2.05, 4.69) is 15.3 Å². The SMILES string of the molecule is O=C(/C=C/c1ccc(Cl)cc1)NCc1nccnc1-c1ccco1. The number of amides is 1. The van der Waals surface area contributed by atoms with E-state index >= 15 is 0 Å². The van der Waals surface area contributed by atoms with Crippen molar-refractivity contribution in [2.45, 2.75) is 6.54 Å². The number of hydrogen-bond donors (Lipinski definition) is 1. The first-order valence-electron chi connectivity index (χ1n) is 7.27. The van der Waals surface area contributed by atoms with Crippen LogP contribution in [0.3, 0.4) is 0 Å². The zero-order chi connectivity index (χ0) is 16.8. The Balaban J connectivity index is 1.64. The number of rotatable bonds is 5. The van der Waals surface area contributed by atoms with E-state index in [1.54, 1.807) is 49.0 Å². The number of hydrogen-bond acceptors (Lipinski definition) is 4. The Labute approximate surface area is 144 Å². The molecule has 120 valence electrons. The zero-order valence-electron chi connectivity index (χ0n) is 12.6. The predicted molar refractivity (Wildman–Crippen MR) is 92.1 cm³/mol. The molecule has 1 aromatic carbocycles. The second-order valence-corrected chi connectivity index (χ2v) is 5.37. The zero-order valence-corrected chi connectivity index (χ0v) is 13.4. The summed E-state index contributed by atoms with van der Waals surface area (Å²) in [6.45, 7) is 0.258. The van der Waals surface area contributed by atoms with Gasteiger partial charge in [0.05, 0.1) is 18.5 Å². The second-order valence-electron chi connectivity index (χ2n) is 4.93. The van der Waals surface area contributed by atoms with Crippen molar-refractivity contribution in [3.8, 4) is 11.5 Å². The number of halogens is 1. The molecule has 0 aliphatic rings. The van der Waals surface area contributed by atoms with Crippen LogP contribution < -0.4 is 5.32 Å². The van der Waals surface area contributed by atoms with Gasteiger partial charge in [0, 0.05) is 23.5 Å². The molecular formula is C18H14ClN3O2. The smallest absolute Gasteiger partial charge is 0.244 e. The van der Waals surface area contributed by atoms with Gasteiger partial charge in [0.25, 0.3) is 0 Å². The predicted octanol–water partition coefficient (Wildman–Crippen LogP) is 3.72. The average molecular weight is 340 g/mol. The van der Waals surface area contributed by atoms with Crippen molar-refractivity contribution in [1.82, 2.24) is 15.3 Å². The Morgan fingerprint density at radius 2 is 1.96 bits per heavy atom. The molecule has 0 radical (unpaired) electrons. The fourth-order valence-corrected chi connectivity index (χ4v) is 2.22. The highest BCUT2D eigenvalue weighted by Gasteiger charge is 2.10. The third-order valence-electron chi connectivity index (χ3n) is 3.26. The third kappa shape index (κ3) is 4.08. The van der Waals surface area contributed by atoms with Crippen LogP contribution in [0.2, 0.25) is 5.02 Å². The van der Waals surface area contributed by atoms with Crippen LogP contribution >= 0.6 is 11.6 Å². The molecule has 0 aliphatic heterocycles. The van der Waals surface area contributed by atoms with Crippen molar-refractivity contribution >= 4 is 23.6 Å². The molecule has 0 aliphatic carbocycles. The molecule has 0 saturated heterocycles. The van der Waals surface area contributed by atoms with Gasteiger partial charge in [-0.25, -0.2) is 4.98 Å². The molecule has 0 atom stereocenters. The normalized spacial score (nSPS) is 10.9. The highest BCUT2D eigenvalue weighted by atomic mass is 35.5. The molecule has 0 bridgehead atoms. The van der Waals surface area contributed by atoms with Crippen LogP contribution in [0.25, 0.3) is 17.5 Å². The van der Waals surface area contributed by atoms with Crippen LogP contribution in [0.4, 0.5) is 0 Å². The van der Waals surface area contributed by atoms with Crippen molar-refractivity contribution in [2.24, 2.45) is 0 Å². The number of aromatic nitrogens is 2. The van der Waals surface area contributed by atoms with Gasteiger partial charge in [0.15, 0.2) is 5.76 Å². The van der Waals surface area contributed by atoms with Crippen LogP contribution in [0.5, 0.6) is 0 Å². The standard InChI is InChI=1S/C18H14ClN3O2/c19-14-6-3-13(4-7-14)5-8-17(23)22-12-15-18(21-10-9-20-15)16-2-1-11-24-16/h1-11H,12H2,(H,22,23)/b8-5+. The molecule has 3 rings (SSSR count). The van der Waals surface area contributed by atoms with E-state index in [1.165, 1.54) is 6.08 Å². The quantitative estimate of drug-likeness (QED) is 0.719. The summed E-state index contributed by atoms with van der Waals surface area (Å²) in [4.78, 5) is 20.5. The Morgan fingerprint density at radius 1 is 1.17 bits per heavy atom. The van der Waals surface area contributed by atoms with E-state index < -0.39 is 0 Å². The molecule has 1 amide bonds. The largest absolute Gasteiger partial charge is 0.463 e. The van der Waals surface area contributed by atoms with Gasteiger partial charge in [-0.05, 0) is 35.9 Å². The minimum Gasteiger partial charge on any atom is -0.463 e. The maximum Gasteiger partial charge on any atom is 0.244 e. The van der Waals surface area contributed by atoms with Gasteiger partial charge in [-0.1, -0.05) is 23.7 Å². The van der Waals surface area contributed by atoms with Crippen LogP contribution in [-0.2, 0) is 11.3 Å². The summed E-state index contributed by atoms with van der Waals surface area (Å²) in [6.07, 6.45) is 7.92. The highest BCUT2D eigenvalue weighted by molar-refractivity contribution is 6.30. The number of carbonyl (C=O) groups excluding carboxylic acids is 1. The molecule has 24 heavy (non-hydrogen) atoms. The van der Waals surface area contributed by atoms with E-state index in [0.29, 0.717) is 22.2 Å². The maximum atomic E-state index is 12.0. The van der Waals surface area contributed by atoms with Crippen molar-refractivity contribution in [3.63, 3.8) is 0 Å². The fraction of sp³-hybridized carbons (Fsp3) is 0.0556. The molecule has 0 spiro atoms. The van der Waals surface area contributed by atoms with Gasteiger partial charge in [-0.15, -0.1) is 0 Å². The van der Waals surface area contributed by atoms with E-state index in [9.17, 15) is 4.79 Å². The average Bonchev–Trinajstić information content (AvgIpc) is 3.14. The molecule has 3 aromatic rings. The number of carbonyl (C=O) groups is 1. The first kappa shape index (κ1) is 16.0. The van der Waals surface area contributed by atoms with E-state index in [0.717, 1.165) is 5.56 Å². The van der Waals surface area contributed by atoms with Crippen molar-refractivity contribution in [1.29, 1.82) is 0 Å². The van der Waals surface area contributed by atoms with E-state index in [-0.39, 0.29) is 12.5 Å². The van der Waals surface area contributed by atoms with Crippen LogP contribution in [0, 0.1) is 0 Å². The lowest BCUT2D eigenvalue weighted by atomic mass is 10.2. The first-order valence-corrected chi connectivity index (χ1v) is 7.65. The summed E-state index contributed by atoms with van der Waals surface area (Å²) >= 11 is 5.83. The van der Waals surface area contributed by atoms with Gasteiger partial charge in [0.2, 0.25) is 5.91 Å². The lowest BCUT2D eigenvalue weighted by molar-refractivity contribution is -0.116. The van der Waals surface area contributed by atoms with Crippen molar-refractivity contribution in [2.75, 3.05) is 0 Å². The molecule has 0 saturated carbocycles. The molecule has 0 fully saturated rings. The molecule has 6 heteroatoms. The highest BCUT2D eigenvalue weighted by Crippen LogP contribution is 2.19. The van der Waals surface area contributed by atoms with Gasteiger partial charge >= 0.3 is 0 Å². The summed E-state index contributed by atoms with van der Waals surface area (Å²) in [5.74, 6) is 0.394. The minimum absolute atomic E-state index is 0.221. The van der Waals surface area contributed by atoms with Crippen LogP contribution in [-0.4, -0.2) is 15.9 Å². The first-order chi connectivity index (χ1) is 11.7. The monoisotopic (exact) mass is 339 g/mol. The molecule has 5 nitrogen and oxygen atoms in total. The number of furan rings is 1. The number of nitrogens with zero attached hydrogens (tertiary/aromatic N) is 2. The number of nitrogens with one attached hydrogen (secondary N) is 1. The maximum absolute atomic E-state index is 12.0. The molecular weight excluding hydrogens is 326 g/mol. The second kappa shape index (κ2) is 7.57. The summed E-state index contributed by atoms with van der Waals surface area (Å²) in [5, 5.41) is 3.44. The lowest BCUT2D eigenvalue weighted by Gasteiger charge is -2.05. The van der Waals surface area contributed by atoms with Gasteiger partial charge in [0.1, 0.15) is 5.69 Å². The summed E-state index contributed by atoms with van der Waals surface area (Å²) in [6, 6.07) is 10.8. The fourth-order valence-electron chi connectivity index (χ4n) is 2.09. The molecule has 0 unspecified atom stereocenters. The van der Waals surface area contributed by atoms with E-state index in [1.807, 2.05) is 12.1 Å². The topological polar surface area (TPSA) is 68.0 Å². The Kier molecular flexibility index (Phi) is 5.03. The molecule has 1 N–H and O–H groups in total. The summed E-state index contributed by atoms with van der Waals surface area (Å²) in [5.41, 5.74) is 2.15. The van der Waals surface area contributed by atoms with Crippen molar-refractivity contribution in [3.05, 3.63) is 77.4 Å². The van der Waals surface area contributed by atoms with Crippen molar-refractivity contribution < 1.29 is 9.21 Å². The van der Waals surface area contributed by atoms with Gasteiger partial charge in [-0.3, -0.25) is 9.78 Å². The Hall–Kier alpha value is -2.92. The van der Waals surface area contributed by atoms with Crippen LogP contribution in [0.15, 0.2) is 65.5 Å².